The van der Waals surface area contributed by atoms with Crippen LogP contribution in [0.2, 0.25) is 0 Å². The second kappa shape index (κ2) is 4.63. The van der Waals surface area contributed by atoms with E-state index in [1.165, 1.54) is 0 Å². The van der Waals surface area contributed by atoms with Crippen LogP contribution in [0.4, 0.5) is 5.69 Å². The maximum atomic E-state index is 11.1. The Hall–Kier alpha value is -1.93. The van der Waals surface area contributed by atoms with E-state index < -0.39 is 20.8 Å². The number of aryl methyl sites for hydroxylation is 1. The van der Waals surface area contributed by atoms with E-state index in [2.05, 4.69) is 10.1 Å². The molecule has 2 radical (unpaired) electrons. The highest BCUT2D eigenvalue weighted by atomic mass is 32.2. The third-order valence-electron chi connectivity index (χ3n) is 2.63. The third-order valence-corrected chi connectivity index (χ3v) is 3.48. The molecule has 6 nitrogen and oxygen atoms in total. The van der Waals surface area contributed by atoms with Crippen molar-refractivity contribution in [3.05, 3.63) is 29.8 Å². The second-order valence-corrected chi connectivity index (χ2v) is 5.31. The van der Waals surface area contributed by atoms with Crippen LogP contribution < -0.4 is 0 Å². The van der Waals surface area contributed by atoms with Crippen LogP contribution in [0, 0.1) is 6.92 Å². The summed E-state index contributed by atoms with van der Waals surface area (Å²) in [5, 5.41) is 17.3. The summed E-state index contributed by atoms with van der Waals surface area (Å²) in [7, 11) is 0.108. The van der Waals surface area contributed by atoms with Gasteiger partial charge in [-0.3, -0.25) is 5.03 Å². The van der Waals surface area contributed by atoms with Gasteiger partial charge in [0.15, 0.2) is 5.75 Å². The van der Waals surface area contributed by atoms with Crippen molar-refractivity contribution in [1.29, 1.82) is 0 Å². The number of aromatic hydroxyl groups is 1. The normalized spacial score (nSPS) is 12.3. The van der Waals surface area contributed by atoms with Crippen molar-refractivity contribution < 1.29 is 18.1 Å². The molecule has 0 atom stereocenters. The van der Waals surface area contributed by atoms with Crippen molar-refractivity contribution in [1.82, 2.24) is 0 Å². The third kappa shape index (κ3) is 2.45. The summed E-state index contributed by atoms with van der Waals surface area (Å²) in [6.45, 7) is 1.81. The zero-order valence-electron chi connectivity index (χ0n) is 9.86. The zero-order valence-corrected chi connectivity index (χ0v) is 10.7. The smallest absolute Gasteiger partial charge is 0.293 e. The Morgan fingerprint density at radius 1 is 1.32 bits per heavy atom. The van der Waals surface area contributed by atoms with Gasteiger partial charge in [0.05, 0.1) is 4.90 Å². The molecule has 2 rings (SSSR count). The van der Waals surface area contributed by atoms with Gasteiger partial charge in [-0.25, -0.2) is 8.42 Å². The second-order valence-electron chi connectivity index (χ2n) is 3.97. The number of benzene rings is 2. The van der Waals surface area contributed by atoms with Crippen LogP contribution in [-0.2, 0) is 10.1 Å². The fourth-order valence-electron chi connectivity index (χ4n) is 1.82. The fraction of sp³-hybridized carbons (Fsp3) is 0.0909. The average molecular weight is 275 g/mol. The summed E-state index contributed by atoms with van der Waals surface area (Å²) in [5.74, 6) is -0.749. The van der Waals surface area contributed by atoms with Crippen LogP contribution in [0.25, 0.3) is 10.8 Å². The Balaban J connectivity index is 2.99. The van der Waals surface area contributed by atoms with Gasteiger partial charge in [0, 0.05) is 5.39 Å². The summed E-state index contributed by atoms with van der Waals surface area (Å²) in [6.07, 6.45) is 0. The fourth-order valence-corrected chi connectivity index (χ4v) is 2.43. The topological polar surface area (TPSA) is 102 Å². The van der Waals surface area contributed by atoms with Crippen LogP contribution in [0.3, 0.4) is 0 Å². The number of hydrogen-bond donors (Lipinski definition) is 1. The summed E-state index contributed by atoms with van der Waals surface area (Å²) < 4.78 is 33.4. The van der Waals surface area contributed by atoms with Gasteiger partial charge < -0.3 is 9.66 Å². The lowest BCUT2D eigenvalue weighted by Gasteiger charge is -2.13. The first-order valence-corrected chi connectivity index (χ1v) is 6.58. The first-order valence-electron chi connectivity index (χ1n) is 5.17. The molecule has 0 aromatic heterocycles. The maximum Gasteiger partial charge on any atom is 0.293 e. The molecule has 2 aromatic rings. The lowest BCUT2D eigenvalue weighted by atomic mass is 10.1. The number of nitrogens with zero attached hydrogens (tertiary/aromatic N) is 2. The van der Waals surface area contributed by atoms with E-state index in [0.29, 0.717) is 10.8 Å². The van der Waals surface area contributed by atoms with Gasteiger partial charge in [0.2, 0.25) is 0 Å². The Morgan fingerprint density at radius 2 is 2.00 bits per heavy atom. The van der Waals surface area contributed by atoms with Gasteiger partial charge in [-0.05, 0) is 18.4 Å². The lowest BCUT2D eigenvalue weighted by molar-refractivity contribution is 0.437. The standard InChI is InChI=1S/C11H9BN2O4S/c1-6-2-3-8-7(4-6)5-9(19(16,17)18)11(15)10(8)13-14-12/h2-5,15H,1H3,(H,16,17,18)/p-1. The molecular formula is C11H8BN2O4S-. The van der Waals surface area contributed by atoms with E-state index in [4.69, 9.17) is 7.98 Å². The lowest BCUT2D eigenvalue weighted by Crippen LogP contribution is -1.99. The molecule has 2 aromatic carbocycles. The summed E-state index contributed by atoms with van der Waals surface area (Å²) in [5.41, 5.74) is 0.720. The van der Waals surface area contributed by atoms with Gasteiger partial charge in [-0.1, -0.05) is 23.8 Å². The number of phenols is 1. The molecule has 1 N–H and O–H groups in total. The first-order chi connectivity index (χ1) is 8.84. The first kappa shape index (κ1) is 13.5. The molecule has 0 saturated carbocycles. The SMILES string of the molecule is [B]N=Nc1c(O)c(S(=O)(=O)[O-])cc2cc(C)ccc12. The highest BCUT2D eigenvalue weighted by Gasteiger charge is 2.16. The van der Waals surface area contributed by atoms with Crippen molar-refractivity contribution in [2.24, 2.45) is 10.1 Å². The summed E-state index contributed by atoms with van der Waals surface area (Å²) >= 11 is 0. The highest BCUT2D eigenvalue weighted by Crippen LogP contribution is 2.40. The molecule has 19 heavy (non-hydrogen) atoms. The van der Waals surface area contributed by atoms with Crippen molar-refractivity contribution in [3.63, 3.8) is 0 Å². The molecule has 96 valence electrons. The number of hydrogen-bond acceptors (Lipinski definition) is 6. The largest absolute Gasteiger partial charge is 0.744 e. The van der Waals surface area contributed by atoms with Gasteiger partial charge in [-0.15, -0.1) is 0 Å². The van der Waals surface area contributed by atoms with Crippen LogP contribution in [-0.4, -0.2) is 26.1 Å². The Bertz CT molecular complexity index is 787. The Labute approximate surface area is 111 Å². The molecule has 0 saturated heterocycles. The van der Waals surface area contributed by atoms with Crippen molar-refractivity contribution in [2.45, 2.75) is 11.8 Å². The van der Waals surface area contributed by atoms with Crippen molar-refractivity contribution in [3.8, 4) is 5.75 Å². The van der Waals surface area contributed by atoms with Gasteiger partial charge in [-0.2, -0.15) is 5.11 Å². The Morgan fingerprint density at radius 3 is 2.58 bits per heavy atom. The minimum absolute atomic E-state index is 0.144. The summed E-state index contributed by atoms with van der Waals surface area (Å²) in [6, 6.07) is 6.16. The molecule has 0 unspecified atom stereocenters. The van der Waals surface area contributed by atoms with Crippen LogP contribution in [0.5, 0.6) is 5.75 Å². The number of rotatable bonds is 2. The monoisotopic (exact) mass is 275 g/mol. The molecule has 0 amide bonds. The molecular weight excluding hydrogens is 267 g/mol. The maximum absolute atomic E-state index is 11.1. The summed E-state index contributed by atoms with van der Waals surface area (Å²) in [4.78, 5) is -0.743. The Kier molecular flexibility index (Phi) is 3.29. The minimum Gasteiger partial charge on any atom is -0.744 e. The minimum atomic E-state index is -4.82. The van der Waals surface area contributed by atoms with Gasteiger partial charge in [0.1, 0.15) is 15.8 Å². The predicted octanol–water partition coefficient (Wildman–Crippen LogP) is 1.93. The molecule has 0 aliphatic carbocycles. The van der Waals surface area contributed by atoms with Gasteiger partial charge >= 0.3 is 0 Å². The molecule has 8 heteroatoms. The molecule has 0 bridgehead atoms. The van der Waals surface area contributed by atoms with E-state index >= 15 is 0 Å². The highest BCUT2D eigenvalue weighted by molar-refractivity contribution is 7.85. The van der Waals surface area contributed by atoms with Crippen molar-refractivity contribution in [2.75, 3.05) is 0 Å². The van der Waals surface area contributed by atoms with E-state index in [-0.39, 0.29) is 5.69 Å². The van der Waals surface area contributed by atoms with Gasteiger partial charge in [0.25, 0.3) is 7.98 Å². The molecule has 0 aliphatic heterocycles. The average Bonchev–Trinajstić information content (AvgIpc) is 2.31. The van der Waals surface area contributed by atoms with E-state index in [9.17, 15) is 18.1 Å². The van der Waals surface area contributed by atoms with Crippen LogP contribution in [0.1, 0.15) is 5.56 Å². The quantitative estimate of drug-likeness (QED) is 0.513. The molecule has 0 spiro atoms. The van der Waals surface area contributed by atoms with E-state index in [0.717, 1.165) is 11.6 Å². The van der Waals surface area contributed by atoms with Crippen LogP contribution >= 0.6 is 0 Å². The predicted molar refractivity (Wildman–Crippen MR) is 68.6 cm³/mol. The van der Waals surface area contributed by atoms with Crippen LogP contribution in [0.15, 0.2) is 39.3 Å². The van der Waals surface area contributed by atoms with E-state index in [1.807, 2.05) is 6.92 Å². The molecule has 0 fully saturated rings. The molecule has 0 aliphatic rings. The van der Waals surface area contributed by atoms with E-state index in [1.54, 1.807) is 18.2 Å². The number of fused-ring (bicyclic) bond motifs is 1. The molecule has 0 heterocycles. The number of phenolic OH excluding ortho intramolecular Hbond substituents is 1. The zero-order chi connectivity index (χ0) is 14.2. The van der Waals surface area contributed by atoms with Crippen molar-refractivity contribution >= 4 is 34.6 Å².